The second-order valence-corrected chi connectivity index (χ2v) is 6.52. The lowest BCUT2D eigenvalue weighted by molar-refractivity contribution is 0.266. The zero-order chi connectivity index (χ0) is 13.6. The van der Waals surface area contributed by atoms with Gasteiger partial charge in [-0.05, 0) is 49.9 Å². The van der Waals surface area contributed by atoms with E-state index in [1.807, 2.05) is 6.20 Å². The van der Waals surface area contributed by atoms with Crippen LogP contribution in [0.2, 0.25) is 0 Å². The minimum Gasteiger partial charge on any atom is -0.316 e. The first-order valence-corrected chi connectivity index (χ1v) is 7.60. The number of nitrogens with zero attached hydrogens (tertiary/aromatic N) is 3. The van der Waals surface area contributed by atoms with Crippen molar-refractivity contribution in [2.24, 2.45) is 5.41 Å². The molecule has 1 unspecified atom stereocenters. The van der Waals surface area contributed by atoms with Crippen LogP contribution in [0.5, 0.6) is 0 Å². The molecule has 4 heterocycles. The third kappa shape index (κ3) is 2.56. The normalized spacial score (nSPS) is 25.8. The summed E-state index contributed by atoms with van der Waals surface area (Å²) < 4.78 is 2.24. The maximum atomic E-state index is 4.57. The van der Waals surface area contributed by atoms with Gasteiger partial charge < -0.3 is 9.72 Å². The molecule has 0 bridgehead atoms. The minimum atomic E-state index is 0. The topological polar surface area (TPSA) is 32.6 Å². The number of hydrogen-bond donors (Lipinski definition) is 1. The minimum absolute atomic E-state index is 0. The monoisotopic (exact) mass is 306 g/mol. The Labute approximate surface area is 132 Å². The predicted molar refractivity (Wildman–Crippen MR) is 87.0 cm³/mol. The standard InChI is InChI=1S/C16H22N4.ClH/c1-13-3-2-7-20-14(9-18-15(13)20)10-19-8-5-16(12-19)4-6-17-11-16;/h2-3,7,9,17H,4-6,8,10-12H2,1H3;1H. The van der Waals surface area contributed by atoms with Crippen LogP contribution >= 0.6 is 12.4 Å². The number of hydrogen-bond acceptors (Lipinski definition) is 3. The zero-order valence-electron chi connectivity index (χ0n) is 12.5. The van der Waals surface area contributed by atoms with Crippen molar-refractivity contribution in [2.75, 3.05) is 26.2 Å². The number of aryl methyl sites for hydroxylation is 1. The van der Waals surface area contributed by atoms with Gasteiger partial charge in [0.05, 0.1) is 11.9 Å². The number of pyridine rings is 1. The Morgan fingerprint density at radius 3 is 3.10 bits per heavy atom. The fourth-order valence-corrected chi connectivity index (χ4v) is 3.85. The second-order valence-electron chi connectivity index (χ2n) is 6.52. The van der Waals surface area contributed by atoms with Crippen molar-refractivity contribution >= 4 is 18.1 Å². The van der Waals surface area contributed by atoms with Crippen molar-refractivity contribution in [2.45, 2.75) is 26.3 Å². The third-order valence-electron chi connectivity index (χ3n) is 5.04. The molecule has 2 fully saturated rings. The van der Waals surface area contributed by atoms with E-state index in [4.69, 9.17) is 0 Å². The molecule has 0 aromatic carbocycles. The predicted octanol–water partition coefficient (Wildman–Crippen LogP) is 2.25. The molecule has 1 atom stereocenters. The van der Waals surface area contributed by atoms with E-state index in [0.717, 1.165) is 12.2 Å². The highest BCUT2D eigenvalue weighted by molar-refractivity contribution is 5.85. The first kappa shape index (κ1) is 14.8. The summed E-state index contributed by atoms with van der Waals surface area (Å²) >= 11 is 0. The molecular weight excluding hydrogens is 284 g/mol. The highest BCUT2D eigenvalue weighted by Gasteiger charge is 2.40. The van der Waals surface area contributed by atoms with Crippen LogP contribution in [0.1, 0.15) is 24.1 Å². The first-order chi connectivity index (χ1) is 9.76. The number of aromatic nitrogens is 2. The van der Waals surface area contributed by atoms with Crippen molar-refractivity contribution < 1.29 is 0 Å². The average molecular weight is 307 g/mol. The van der Waals surface area contributed by atoms with E-state index in [1.165, 1.54) is 50.3 Å². The molecule has 2 saturated heterocycles. The molecule has 2 aliphatic heterocycles. The lowest BCUT2D eigenvalue weighted by Crippen LogP contribution is -2.29. The average Bonchev–Trinajstić information content (AvgIpc) is 3.15. The van der Waals surface area contributed by atoms with Crippen molar-refractivity contribution in [1.29, 1.82) is 0 Å². The van der Waals surface area contributed by atoms with E-state index >= 15 is 0 Å². The van der Waals surface area contributed by atoms with Gasteiger partial charge in [-0.1, -0.05) is 6.07 Å². The van der Waals surface area contributed by atoms with Crippen LogP contribution in [0.15, 0.2) is 24.5 Å². The number of rotatable bonds is 2. The Bertz CT molecular complexity index is 630. The number of nitrogens with one attached hydrogen (secondary N) is 1. The largest absolute Gasteiger partial charge is 0.316 e. The molecule has 4 nitrogen and oxygen atoms in total. The van der Waals surface area contributed by atoms with Crippen molar-refractivity contribution in [3.8, 4) is 0 Å². The molecule has 114 valence electrons. The molecule has 0 aliphatic carbocycles. The van der Waals surface area contributed by atoms with E-state index < -0.39 is 0 Å². The Morgan fingerprint density at radius 2 is 2.29 bits per heavy atom. The highest BCUT2D eigenvalue weighted by Crippen LogP contribution is 2.36. The van der Waals surface area contributed by atoms with Crippen molar-refractivity contribution in [3.05, 3.63) is 35.8 Å². The summed E-state index contributed by atoms with van der Waals surface area (Å²) in [6.07, 6.45) is 6.86. The molecule has 2 aromatic rings. The molecule has 1 spiro atoms. The number of imidazole rings is 1. The van der Waals surface area contributed by atoms with Crippen LogP contribution in [0.25, 0.3) is 5.65 Å². The maximum absolute atomic E-state index is 4.57. The third-order valence-corrected chi connectivity index (χ3v) is 5.04. The lowest BCUT2D eigenvalue weighted by Gasteiger charge is -2.22. The molecule has 5 heteroatoms. The van der Waals surface area contributed by atoms with Gasteiger partial charge in [0.2, 0.25) is 0 Å². The molecule has 0 saturated carbocycles. The number of halogens is 1. The molecule has 1 N–H and O–H groups in total. The highest BCUT2D eigenvalue weighted by atomic mass is 35.5. The summed E-state index contributed by atoms with van der Waals surface area (Å²) in [6.45, 7) is 8.01. The van der Waals surface area contributed by atoms with Crippen LogP contribution in [0.3, 0.4) is 0 Å². The van der Waals surface area contributed by atoms with Gasteiger partial charge in [-0.3, -0.25) is 4.90 Å². The molecular formula is C16H23ClN4. The number of likely N-dealkylation sites (tertiary alicyclic amines) is 1. The molecule has 0 radical (unpaired) electrons. The van der Waals surface area contributed by atoms with Crippen LogP contribution in [0.4, 0.5) is 0 Å². The first-order valence-electron chi connectivity index (χ1n) is 7.60. The van der Waals surface area contributed by atoms with Gasteiger partial charge in [0.15, 0.2) is 0 Å². The van der Waals surface area contributed by atoms with Crippen LogP contribution < -0.4 is 5.32 Å². The van der Waals surface area contributed by atoms with Gasteiger partial charge in [0.25, 0.3) is 0 Å². The molecule has 2 aliphatic rings. The van der Waals surface area contributed by atoms with Gasteiger partial charge in [-0.25, -0.2) is 4.98 Å². The number of fused-ring (bicyclic) bond motifs is 1. The van der Waals surface area contributed by atoms with E-state index in [9.17, 15) is 0 Å². The fraction of sp³-hybridized carbons (Fsp3) is 0.562. The summed E-state index contributed by atoms with van der Waals surface area (Å²) in [4.78, 5) is 7.17. The van der Waals surface area contributed by atoms with E-state index in [-0.39, 0.29) is 12.4 Å². The van der Waals surface area contributed by atoms with Gasteiger partial charge in [0.1, 0.15) is 5.65 Å². The summed E-state index contributed by atoms with van der Waals surface area (Å²) in [5, 5.41) is 3.53. The Kier molecular flexibility index (Phi) is 3.95. The second kappa shape index (κ2) is 5.59. The van der Waals surface area contributed by atoms with Gasteiger partial charge in [-0.15, -0.1) is 12.4 Å². The van der Waals surface area contributed by atoms with Gasteiger partial charge in [0, 0.05) is 25.8 Å². The zero-order valence-corrected chi connectivity index (χ0v) is 13.3. The Balaban J connectivity index is 0.00000132. The quantitative estimate of drug-likeness (QED) is 0.924. The smallest absolute Gasteiger partial charge is 0.139 e. The van der Waals surface area contributed by atoms with Crippen LogP contribution in [0, 0.1) is 12.3 Å². The lowest BCUT2D eigenvalue weighted by atomic mass is 9.87. The van der Waals surface area contributed by atoms with Gasteiger partial charge >= 0.3 is 0 Å². The SMILES string of the molecule is Cc1cccn2c(CN3CCC4(CCNC4)C3)cnc12.Cl. The van der Waals surface area contributed by atoms with Crippen LogP contribution in [-0.4, -0.2) is 40.5 Å². The van der Waals surface area contributed by atoms with E-state index in [0.29, 0.717) is 5.41 Å². The summed E-state index contributed by atoms with van der Waals surface area (Å²) in [5.74, 6) is 0. The molecule has 2 aromatic heterocycles. The van der Waals surface area contributed by atoms with Crippen molar-refractivity contribution in [3.63, 3.8) is 0 Å². The van der Waals surface area contributed by atoms with E-state index in [1.54, 1.807) is 0 Å². The van der Waals surface area contributed by atoms with Crippen molar-refractivity contribution in [1.82, 2.24) is 19.6 Å². The molecule has 4 rings (SSSR count). The Hall–Kier alpha value is -1.10. The Morgan fingerprint density at radius 1 is 1.38 bits per heavy atom. The molecule has 0 amide bonds. The van der Waals surface area contributed by atoms with Crippen LogP contribution in [-0.2, 0) is 6.54 Å². The summed E-state index contributed by atoms with van der Waals surface area (Å²) in [7, 11) is 0. The maximum Gasteiger partial charge on any atom is 0.139 e. The van der Waals surface area contributed by atoms with E-state index in [2.05, 4.69) is 44.9 Å². The molecule has 21 heavy (non-hydrogen) atoms. The summed E-state index contributed by atoms with van der Waals surface area (Å²) in [6, 6.07) is 4.24. The fourth-order valence-electron chi connectivity index (χ4n) is 3.85. The van der Waals surface area contributed by atoms with Gasteiger partial charge in [-0.2, -0.15) is 0 Å². The summed E-state index contributed by atoms with van der Waals surface area (Å²) in [5.41, 5.74) is 4.21.